The van der Waals surface area contributed by atoms with E-state index in [1.807, 2.05) is 72.8 Å². The van der Waals surface area contributed by atoms with Crippen molar-refractivity contribution in [3.63, 3.8) is 0 Å². The monoisotopic (exact) mass is 679 g/mol. The zero-order chi connectivity index (χ0) is 34.2. The quantitative estimate of drug-likeness (QED) is 0.174. The second-order valence-corrected chi connectivity index (χ2v) is 13.1. The summed E-state index contributed by atoms with van der Waals surface area (Å²) >= 11 is 1.39. The number of hydrogen-bond acceptors (Lipinski definition) is 8. The van der Waals surface area contributed by atoms with Gasteiger partial charge in [-0.3, -0.25) is 19.3 Å². The van der Waals surface area contributed by atoms with Gasteiger partial charge in [-0.15, -0.1) is 0 Å². The van der Waals surface area contributed by atoms with Crippen molar-refractivity contribution in [1.82, 2.24) is 9.80 Å². The maximum Gasteiger partial charge on any atom is 0.247 e. The first-order valence-electron chi connectivity index (χ1n) is 16.6. The average Bonchev–Trinajstić information content (AvgIpc) is 3.89. The lowest BCUT2D eigenvalue weighted by Crippen LogP contribution is -2.43. The summed E-state index contributed by atoms with van der Waals surface area (Å²) in [7, 11) is 1.70. The number of nitrogens with zero attached hydrogens (tertiary/aromatic N) is 4. The van der Waals surface area contributed by atoms with Crippen LogP contribution >= 0.6 is 11.8 Å². The molecule has 1 N–H and O–H groups in total. The molecule has 3 aromatic carbocycles. The first-order chi connectivity index (χ1) is 23.9. The highest BCUT2D eigenvalue weighted by molar-refractivity contribution is 8.15. The van der Waals surface area contributed by atoms with Crippen molar-refractivity contribution >= 4 is 51.7 Å². The Morgan fingerprint density at radius 3 is 2.49 bits per heavy atom. The fourth-order valence-corrected chi connectivity index (χ4v) is 7.32. The fourth-order valence-electron chi connectivity index (χ4n) is 6.15. The molecule has 4 aromatic rings. The van der Waals surface area contributed by atoms with Gasteiger partial charge in [0.05, 0.1) is 31.5 Å². The van der Waals surface area contributed by atoms with Crippen LogP contribution in [0.3, 0.4) is 0 Å². The fraction of sp³-hybridized carbons (Fsp3) is 0.316. The van der Waals surface area contributed by atoms with E-state index in [0.29, 0.717) is 36.2 Å². The Bertz CT molecular complexity index is 1750. The molecule has 2 saturated heterocycles. The molecule has 2 aliphatic rings. The third-order valence-corrected chi connectivity index (χ3v) is 10.0. The number of methoxy groups -OCH3 is 1. The molecule has 254 valence electrons. The number of likely N-dealkylation sites (tertiary alicyclic amines) is 1. The van der Waals surface area contributed by atoms with Gasteiger partial charge in [-0.2, -0.15) is 0 Å². The zero-order valence-electron chi connectivity index (χ0n) is 27.8. The van der Waals surface area contributed by atoms with Gasteiger partial charge in [0, 0.05) is 38.1 Å². The summed E-state index contributed by atoms with van der Waals surface area (Å²) < 4.78 is 10.8. The van der Waals surface area contributed by atoms with E-state index in [9.17, 15) is 14.4 Å². The zero-order valence-corrected chi connectivity index (χ0v) is 28.6. The van der Waals surface area contributed by atoms with Gasteiger partial charge in [0.25, 0.3) is 0 Å². The average molecular weight is 680 g/mol. The number of rotatable bonds is 13. The lowest BCUT2D eigenvalue weighted by Gasteiger charge is -2.24. The van der Waals surface area contributed by atoms with Crippen LogP contribution in [0.1, 0.15) is 41.9 Å². The molecule has 0 bridgehead atoms. The smallest absolute Gasteiger partial charge is 0.247 e. The Morgan fingerprint density at radius 2 is 1.80 bits per heavy atom. The Labute approximate surface area is 291 Å². The number of hydrogen-bond donors (Lipinski definition) is 1. The van der Waals surface area contributed by atoms with Gasteiger partial charge in [-0.25, -0.2) is 4.99 Å². The number of anilines is 2. The van der Waals surface area contributed by atoms with Gasteiger partial charge < -0.3 is 24.3 Å². The van der Waals surface area contributed by atoms with Crippen molar-refractivity contribution in [3.05, 3.63) is 114 Å². The number of carbonyl (C=O) groups excluding carboxylic acids is 3. The third-order valence-electron chi connectivity index (χ3n) is 8.78. The number of likely N-dealkylation sites (N-methyl/N-ethyl adjacent to an activating group) is 1. The number of nitrogens with one attached hydrogen (secondary N) is 1. The van der Waals surface area contributed by atoms with Crippen LogP contribution in [-0.2, 0) is 32.1 Å². The summed E-state index contributed by atoms with van der Waals surface area (Å²) in [6.07, 6.45) is 3.27. The summed E-state index contributed by atoms with van der Waals surface area (Å²) in [5, 5.41) is 3.06. The molecule has 1 unspecified atom stereocenters. The summed E-state index contributed by atoms with van der Waals surface area (Å²) in [6.45, 7) is 5.23. The Kier molecular flexibility index (Phi) is 11.1. The van der Waals surface area contributed by atoms with Gasteiger partial charge in [0.2, 0.25) is 17.7 Å². The van der Waals surface area contributed by atoms with Crippen LogP contribution in [0.5, 0.6) is 0 Å². The number of amidine groups is 1. The number of amides is 3. The third kappa shape index (κ3) is 8.23. The Balaban J connectivity index is 1.14. The van der Waals surface area contributed by atoms with E-state index in [2.05, 4.69) is 17.1 Å². The van der Waals surface area contributed by atoms with Gasteiger partial charge in [0.15, 0.2) is 5.17 Å². The number of thioether (sulfide) groups is 1. The maximum atomic E-state index is 13.8. The lowest BCUT2D eigenvalue weighted by molar-refractivity contribution is -0.136. The minimum Gasteiger partial charge on any atom is -0.467 e. The number of benzene rings is 3. The van der Waals surface area contributed by atoms with Crippen LogP contribution < -0.4 is 10.2 Å². The predicted molar refractivity (Wildman–Crippen MR) is 193 cm³/mol. The molecule has 2 aliphatic heterocycles. The standard InChI is InChI=1S/C38H41N5O5S/c1-3-41(22-24-47-2)31-19-17-30(18-20-31)40-38-43(26-32-11-8-23-48-32)37(46)35(49-38)28-13-15-29(16-14-28)39-36(45)33-12-7-21-42(33)34(44)25-27-9-5-4-6-10-27/h4-6,8-11,13-20,23,33,35H,3,7,12,21-22,24-26H2,1-2H3,(H,39,45)/t33-,35?/m0/s1. The molecule has 49 heavy (non-hydrogen) atoms. The second kappa shape index (κ2) is 16.0. The molecular formula is C38H41N5O5S. The van der Waals surface area contributed by atoms with Crippen LogP contribution in [0.25, 0.3) is 0 Å². The summed E-state index contributed by atoms with van der Waals surface area (Å²) in [6, 6.07) is 28.0. The van der Waals surface area contributed by atoms with Crippen LogP contribution in [0, 0.1) is 0 Å². The normalized spacial score (nSPS) is 18.3. The number of ether oxygens (including phenoxy) is 1. The highest BCUT2D eigenvalue weighted by atomic mass is 32.2. The highest BCUT2D eigenvalue weighted by Crippen LogP contribution is 2.41. The van der Waals surface area contributed by atoms with Gasteiger partial charge >= 0.3 is 0 Å². The molecule has 1 aromatic heterocycles. The summed E-state index contributed by atoms with van der Waals surface area (Å²) in [4.78, 5) is 50.7. The maximum absolute atomic E-state index is 13.8. The van der Waals surface area contributed by atoms with E-state index in [-0.39, 0.29) is 30.7 Å². The lowest BCUT2D eigenvalue weighted by atomic mass is 10.1. The SMILES string of the molecule is CCN(CCOC)c1ccc(N=C2SC(c3ccc(NC(=O)[C@@H]4CCCN4C(=O)Cc4ccccc4)cc3)C(=O)N2Cc2ccco2)cc1. The molecule has 0 spiro atoms. The molecule has 10 nitrogen and oxygen atoms in total. The molecule has 3 heterocycles. The van der Waals surface area contributed by atoms with Gasteiger partial charge in [0.1, 0.15) is 17.1 Å². The van der Waals surface area contributed by atoms with E-state index in [1.54, 1.807) is 41.4 Å². The van der Waals surface area contributed by atoms with Gasteiger partial charge in [-0.05, 0) is 79.4 Å². The van der Waals surface area contributed by atoms with E-state index in [1.165, 1.54) is 11.8 Å². The van der Waals surface area contributed by atoms with Crippen molar-refractivity contribution in [2.75, 3.05) is 43.6 Å². The Hall–Kier alpha value is -4.87. The van der Waals surface area contributed by atoms with Crippen LogP contribution in [-0.4, -0.2) is 72.1 Å². The summed E-state index contributed by atoms with van der Waals surface area (Å²) in [5.74, 6) is 0.316. The van der Waals surface area contributed by atoms with Crippen molar-refractivity contribution in [1.29, 1.82) is 0 Å². The summed E-state index contributed by atoms with van der Waals surface area (Å²) in [5.41, 5.74) is 4.16. The topological polar surface area (TPSA) is 108 Å². The molecule has 2 fully saturated rings. The van der Waals surface area contributed by atoms with Crippen LogP contribution in [0.2, 0.25) is 0 Å². The van der Waals surface area contributed by atoms with Crippen molar-refractivity contribution in [2.24, 2.45) is 4.99 Å². The minimum absolute atomic E-state index is 0.0477. The largest absolute Gasteiger partial charge is 0.467 e. The molecule has 0 aliphatic carbocycles. The molecule has 0 radical (unpaired) electrons. The molecule has 11 heteroatoms. The predicted octanol–water partition coefficient (Wildman–Crippen LogP) is 6.43. The van der Waals surface area contributed by atoms with E-state index in [4.69, 9.17) is 14.1 Å². The van der Waals surface area contributed by atoms with E-state index < -0.39 is 11.3 Å². The van der Waals surface area contributed by atoms with E-state index >= 15 is 0 Å². The molecule has 0 saturated carbocycles. The van der Waals surface area contributed by atoms with Gasteiger partial charge in [-0.1, -0.05) is 54.2 Å². The van der Waals surface area contributed by atoms with Crippen molar-refractivity contribution in [2.45, 2.75) is 44.0 Å². The first-order valence-corrected chi connectivity index (χ1v) is 17.5. The highest BCUT2D eigenvalue weighted by Gasteiger charge is 2.40. The van der Waals surface area contributed by atoms with Crippen molar-refractivity contribution in [3.8, 4) is 0 Å². The number of carbonyl (C=O) groups is 3. The second-order valence-electron chi connectivity index (χ2n) is 12.0. The van der Waals surface area contributed by atoms with E-state index in [0.717, 1.165) is 42.0 Å². The molecular weight excluding hydrogens is 639 g/mol. The van der Waals surface area contributed by atoms with Crippen LogP contribution in [0.4, 0.5) is 17.1 Å². The molecule has 2 atom stereocenters. The first kappa shape index (κ1) is 34.0. The molecule has 3 amide bonds. The van der Waals surface area contributed by atoms with Crippen molar-refractivity contribution < 1.29 is 23.5 Å². The Morgan fingerprint density at radius 1 is 1.02 bits per heavy atom. The number of furan rings is 1. The van der Waals surface area contributed by atoms with Crippen LogP contribution in [0.15, 0.2) is 107 Å². The molecule has 6 rings (SSSR count). The number of aliphatic imine (C=N–C) groups is 1. The minimum atomic E-state index is -0.513.